The Balaban J connectivity index is 4.22. The van der Waals surface area contributed by atoms with Crippen molar-refractivity contribution in [3.05, 3.63) is 35.6 Å². The van der Waals surface area contributed by atoms with Crippen LogP contribution in [0.1, 0.15) is 20.8 Å². The Morgan fingerprint density at radius 1 is 1.20 bits per heavy atom. The van der Waals surface area contributed by atoms with Gasteiger partial charge in [0.25, 0.3) is 0 Å². The first-order valence-electron chi connectivity index (χ1n) is 3.30. The topological polar surface area (TPSA) is 26.0 Å². The quantitative estimate of drug-likeness (QED) is 0.581. The average Bonchev–Trinajstić information content (AvgIpc) is 1.58. The zero-order valence-electron chi connectivity index (χ0n) is 6.94. The molecule has 0 aromatic heterocycles. The molecule has 0 fully saturated rings. The summed E-state index contributed by atoms with van der Waals surface area (Å²) in [7, 11) is 0. The Kier molecular flexibility index (Phi) is 3.55. The van der Waals surface area contributed by atoms with Gasteiger partial charge in [0.2, 0.25) is 0 Å². The minimum atomic E-state index is 0.829. The second kappa shape index (κ2) is 3.94. The summed E-state index contributed by atoms with van der Waals surface area (Å²) in [6.45, 7) is 9.59. The third kappa shape index (κ3) is 5.16. The van der Waals surface area contributed by atoms with E-state index < -0.39 is 0 Å². The first-order chi connectivity index (χ1) is 4.52. The molecule has 0 amide bonds. The molecule has 0 radical (unpaired) electrons. The van der Waals surface area contributed by atoms with Crippen molar-refractivity contribution >= 4 is 0 Å². The smallest absolute Gasteiger partial charge is 0.00515 e. The Morgan fingerprint density at radius 3 is 2.00 bits per heavy atom. The lowest BCUT2D eigenvalue weighted by molar-refractivity contribution is 1.28. The summed E-state index contributed by atoms with van der Waals surface area (Å²) >= 11 is 0. The number of allylic oxidation sites excluding steroid dienone is 5. The zero-order chi connectivity index (χ0) is 8.15. The van der Waals surface area contributed by atoms with Crippen molar-refractivity contribution in [1.82, 2.24) is 0 Å². The van der Waals surface area contributed by atoms with E-state index in [2.05, 4.69) is 6.58 Å². The maximum absolute atomic E-state index is 5.46. The van der Waals surface area contributed by atoms with E-state index in [0.717, 1.165) is 16.8 Å². The Hall–Kier alpha value is -0.980. The van der Waals surface area contributed by atoms with E-state index in [1.807, 2.05) is 32.9 Å². The van der Waals surface area contributed by atoms with Crippen LogP contribution in [0.2, 0.25) is 0 Å². The summed E-state index contributed by atoms with van der Waals surface area (Å²) in [5, 5.41) is 0. The molecule has 1 heteroatoms. The summed E-state index contributed by atoms with van der Waals surface area (Å²) < 4.78 is 0. The Morgan fingerprint density at radius 2 is 1.70 bits per heavy atom. The van der Waals surface area contributed by atoms with Crippen LogP contribution in [0.5, 0.6) is 0 Å². The summed E-state index contributed by atoms with van der Waals surface area (Å²) in [6, 6.07) is 0. The van der Waals surface area contributed by atoms with E-state index in [1.165, 1.54) is 0 Å². The van der Waals surface area contributed by atoms with E-state index in [-0.39, 0.29) is 0 Å². The van der Waals surface area contributed by atoms with Crippen molar-refractivity contribution in [3.8, 4) is 0 Å². The molecule has 0 aromatic carbocycles. The van der Waals surface area contributed by atoms with Crippen LogP contribution < -0.4 is 5.73 Å². The second-order valence-electron chi connectivity index (χ2n) is 2.62. The molecule has 0 spiro atoms. The molecule has 0 rings (SSSR count). The largest absolute Gasteiger partial charge is 0.402 e. The fourth-order valence-corrected chi connectivity index (χ4v) is 0.789. The molecule has 0 aliphatic rings. The molecule has 0 aliphatic carbocycles. The predicted octanol–water partition coefficient (Wildman–Crippen LogP) is 2.37. The predicted molar refractivity (Wildman–Crippen MR) is 46.5 cm³/mol. The molecule has 0 saturated carbocycles. The first kappa shape index (κ1) is 9.02. The zero-order valence-corrected chi connectivity index (χ0v) is 6.94. The van der Waals surface area contributed by atoms with E-state index in [4.69, 9.17) is 5.73 Å². The van der Waals surface area contributed by atoms with Crippen molar-refractivity contribution in [3.63, 3.8) is 0 Å². The molecule has 0 unspecified atom stereocenters. The van der Waals surface area contributed by atoms with E-state index in [0.29, 0.717) is 0 Å². The highest BCUT2D eigenvalue weighted by Gasteiger charge is 1.82. The van der Waals surface area contributed by atoms with Gasteiger partial charge < -0.3 is 5.73 Å². The van der Waals surface area contributed by atoms with Gasteiger partial charge in [-0.2, -0.15) is 0 Å². The van der Waals surface area contributed by atoms with E-state index in [9.17, 15) is 0 Å². The number of nitrogens with two attached hydrogens (primary N) is 1. The Labute approximate surface area is 62.9 Å². The third-order valence-electron chi connectivity index (χ3n) is 0.929. The van der Waals surface area contributed by atoms with Gasteiger partial charge in [-0.25, -0.2) is 0 Å². The minimum absolute atomic E-state index is 0.829. The van der Waals surface area contributed by atoms with Crippen molar-refractivity contribution in [1.29, 1.82) is 0 Å². The van der Waals surface area contributed by atoms with Gasteiger partial charge in [0.05, 0.1) is 0 Å². The van der Waals surface area contributed by atoms with E-state index in [1.54, 1.807) is 0 Å². The molecule has 1 nitrogen and oxygen atoms in total. The average molecular weight is 137 g/mol. The molecule has 0 bridgehead atoms. The highest BCUT2D eigenvalue weighted by Crippen LogP contribution is 2.01. The van der Waals surface area contributed by atoms with Crippen LogP contribution in [-0.2, 0) is 0 Å². The lowest BCUT2D eigenvalue weighted by Gasteiger charge is -1.93. The van der Waals surface area contributed by atoms with Gasteiger partial charge in [0.1, 0.15) is 0 Å². The maximum atomic E-state index is 5.46. The molecule has 10 heavy (non-hydrogen) atoms. The molecule has 0 aromatic rings. The minimum Gasteiger partial charge on any atom is -0.402 e. The summed E-state index contributed by atoms with van der Waals surface area (Å²) in [5.74, 6) is 0. The molecule has 0 atom stereocenters. The first-order valence-corrected chi connectivity index (χ1v) is 3.30. The number of hydrogen-bond acceptors (Lipinski definition) is 1. The van der Waals surface area contributed by atoms with Crippen LogP contribution in [0.15, 0.2) is 35.6 Å². The second-order valence-corrected chi connectivity index (χ2v) is 2.62. The number of rotatable bonds is 2. The van der Waals surface area contributed by atoms with Crippen LogP contribution in [0.25, 0.3) is 0 Å². The SMILES string of the molecule is C=C(C)/C=C(C)\C=C(\C)N. The highest BCUT2D eigenvalue weighted by atomic mass is 14.5. The summed E-state index contributed by atoms with van der Waals surface area (Å²) in [4.78, 5) is 0. The van der Waals surface area contributed by atoms with Gasteiger partial charge in [-0.05, 0) is 32.4 Å². The fraction of sp³-hybridized carbons (Fsp3) is 0.333. The van der Waals surface area contributed by atoms with Crippen molar-refractivity contribution in [2.75, 3.05) is 0 Å². The van der Waals surface area contributed by atoms with Gasteiger partial charge in [0, 0.05) is 5.70 Å². The molecule has 2 N–H and O–H groups in total. The number of hydrogen-bond donors (Lipinski definition) is 1. The van der Waals surface area contributed by atoms with Gasteiger partial charge in [-0.3, -0.25) is 0 Å². The molecule has 56 valence electrons. The normalized spacial score (nSPS) is 13.5. The molecule has 0 aliphatic heterocycles. The molecular weight excluding hydrogens is 122 g/mol. The lowest BCUT2D eigenvalue weighted by atomic mass is 10.2. The van der Waals surface area contributed by atoms with Crippen molar-refractivity contribution in [2.24, 2.45) is 5.73 Å². The van der Waals surface area contributed by atoms with Gasteiger partial charge in [0.15, 0.2) is 0 Å². The molecule has 0 heterocycles. The van der Waals surface area contributed by atoms with Crippen molar-refractivity contribution < 1.29 is 0 Å². The van der Waals surface area contributed by atoms with Crippen LogP contribution in [-0.4, -0.2) is 0 Å². The van der Waals surface area contributed by atoms with Crippen molar-refractivity contribution in [2.45, 2.75) is 20.8 Å². The Bertz CT molecular complexity index is 181. The molecule has 0 saturated heterocycles. The van der Waals surface area contributed by atoms with Crippen LogP contribution in [0, 0.1) is 0 Å². The lowest BCUT2D eigenvalue weighted by Crippen LogP contribution is -1.89. The maximum Gasteiger partial charge on any atom is 0.00515 e. The van der Waals surface area contributed by atoms with Gasteiger partial charge in [-0.1, -0.05) is 18.2 Å². The summed E-state index contributed by atoms with van der Waals surface area (Å²) in [6.07, 6.45) is 3.92. The standard InChI is InChI=1S/C9H15N/c1-7(2)5-8(3)6-9(4)10/h5-6H,1,10H2,2-4H3/b8-5-,9-6-. The molecular formula is C9H15N. The summed E-state index contributed by atoms with van der Waals surface area (Å²) in [5.41, 5.74) is 8.49. The highest BCUT2D eigenvalue weighted by molar-refractivity contribution is 5.26. The van der Waals surface area contributed by atoms with E-state index >= 15 is 0 Å². The van der Waals surface area contributed by atoms with Crippen LogP contribution in [0.4, 0.5) is 0 Å². The third-order valence-corrected chi connectivity index (χ3v) is 0.929. The van der Waals surface area contributed by atoms with Crippen LogP contribution in [0.3, 0.4) is 0 Å². The monoisotopic (exact) mass is 137 g/mol. The van der Waals surface area contributed by atoms with Crippen LogP contribution >= 0.6 is 0 Å². The fourth-order valence-electron chi connectivity index (χ4n) is 0.789. The van der Waals surface area contributed by atoms with Gasteiger partial charge >= 0.3 is 0 Å². The van der Waals surface area contributed by atoms with Gasteiger partial charge in [-0.15, -0.1) is 0 Å².